The topological polar surface area (TPSA) is 75.6 Å². The van der Waals surface area contributed by atoms with Gasteiger partial charge in [0.25, 0.3) is 0 Å². The van der Waals surface area contributed by atoms with Crippen LogP contribution in [0.4, 0.5) is 0 Å². The van der Waals surface area contributed by atoms with Crippen LogP contribution in [-0.4, -0.2) is 56.9 Å². The lowest BCUT2D eigenvalue weighted by Crippen LogP contribution is -2.44. The van der Waals surface area contributed by atoms with E-state index >= 15 is 0 Å². The fourth-order valence-electron chi connectivity index (χ4n) is 5.10. The van der Waals surface area contributed by atoms with Crippen LogP contribution >= 0.6 is 0 Å². The van der Waals surface area contributed by atoms with Crippen molar-refractivity contribution >= 4 is 11.8 Å². The van der Waals surface area contributed by atoms with Crippen LogP contribution in [0.15, 0.2) is 48.9 Å². The third-order valence-corrected chi connectivity index (χ3v) is 6.83. The van der Waals surface area contributed by atoms with Gasteiger partial charge in [-0.25, -0.2) is 9.97 Å². The number of nitrogens with zero attached hydrogens (tertiary/aromatic N) is 4. The number of likely N-dealkylation sites (tertiary alicyclic amines) is 1. The first-order valence-corrected chi connectivity index (χ1v) is 10.6. The van der Waals surface area contributed by atoms with Crippen molar-refractivity contribution in [1.82, 2.24) is 19.8 Å². The zero-order chi connectivity index (χ0) is 21.8. The van der Waals surface area contributed by atoms with Gasteiger partial charge in [-0.05, 0) is 36.6 Å². The molecule has 4 heterocycles. The molecule has 7 heteroatoms. The number of carbonyl (C=O) groups is 2. The normalized spacial score (nSPS) is 28.3. The molecule has 1 aromatic heterocycles. The number of hydrogen-bond donors (Lipinski definition) is 0. The van der Waals surface area contributed by atoms with Crippen molar-refractivity contribution in [3.05, 3.63) is 71.3 Å². The van der Waals surface area contributed by atoms with Crippen LogP contribution in [0.2, 0.25) is 0 Å². The molecule has 3 aliphatic rings. The van der Waals surface area contributed by atoms with E-state index in [0.29, 0.717) is 19.6 Å². The Hall–Kier alpha value is -3.06. The van der Waals surface area contributed by atoms with Gasteiger partial charge in [0, 0.05) is 19.8 Å². The highest BCUT2D eigenvalue weighted by atomic mass is 16.5. The standard InChI is InChI=1S/C24H26N4O3/c1-15-4-5-17(10-16(15)2)11-28-13-24-8-6-19(31-24)20(21(24)23(28)30)22(29)27(3)12-18-7-9-25-14-26-18/h4-10,14,19-21H,11-13H2,1-3H3/t19-,20?,21?,24-/m0/s1. The maximum absolute atomic E-state index is 13.4. The van der Waals surface area contributed by atoms with Crippen LogP contribution in [-0.2, 0) is 27.4 Å². The Morgan fingerprint density at radius 3 is 2.87 bits per heavy atom. The minimum absolute atomic E-state index is 0.00105. The number of benzene rings is 1. The van der Waals surface area contributed by atoms with E-state index in [0.717, 1.165) is 11.3 Å². The summed E-state index contributed by atoms with van der Waals surface area (Å²) in [5.74, 6) is -1.07. The molecular formula is C24H26N4O3. The van der Waals surface area contributed by atoms with Gasteiger partial charge in [0.15, 0.2) is 0 Å². The smallest absolute Gasteiger partial charge is 0.230 e. The zero-order valence-corrected chi connectivity index (χ0v) is 18.0. The van der Waals surface area contributed by atoms with Gasteiger partial charge in [0.2, 0.25) is 11.8 Å². The van der Waals surface area contributed by atoms with Gasteiger partial charge < -0.3 is 14.5 Å². The Kier molecular flexibility index (Phi) is 4.66. The van der Waals surface area contributed by atoms with Gasteiger partial charge in [0.1, 0.15) is 11.9 Å². The highest BCUT2D eigenvalue weighted by Crippen LogP contribution is 2.52. The van der Waals surface area contributed by atoms with Gasteiger partial charge in [-0.1, -0.05) is 30.4 Å². The Labute approximate surface area is 181 Å². The fraction of sp³-hybridized carbons (Fsp3) is 0.417. The van der Waals surface area contributed by atoms with Gasteiger partial charge in [-0.3, -0.25) is 9.59 Å². The Morgan fingerprint density at radius 2 is 2.13 bits per heavy atom. The summed E-state index contributed by atoms with van der Waals surface area (Å²) < 4.78 is 6.25. The molecule has 4 atom stereocenters. The Balaban J connectivity index is 1.36. The number of fused-ring (bicyclic) bond motifs is 1. The molecule has 0 saturated carbocycles. The van der Waals surface area contributed by atoms with Crippen LogP contribution in [0.5, 0.6) is 0 Å². The molecule has 1 aromatic carbocycles. The molecule has 31 heavy (non-hydrogen) atoms. The van der Waals surface area contributed by atoms with Crippen molar-refractivity contribution in [2.45, 2.75) is 38.6 Å². The van der Waals surface area contributed by atoms with E-state index in [4.69, 9.17) is 4.74 Å². The quantitative estimate of drug-likeness (QED) is 0.695. The Morgan fingerprint density at radius 1 is 1.29 bits per heavy atom. The van der Waals surface area contributed by atoms with Crippen molar-refractivity contribution in [1.29, 1.82) is 0 Å². The molecule has 3 aliphatic heterocycles. The van der Waals surface area contributed by atoms with Gasteiger partial charge in [-0.15, -0.1) is 0 Å². The zero-order valence-electron chi connectivity index (χ0n) is 18.0. The molecule has 2 fully saturated rings. The summed E-state index contributed by atoms with van der Waals surface area (Å²) in [7, 11) is 1.75. The summed E-state index contributed by atoms with van der Waals surface area (Å²) >= 11 is 0. The summed E-state index contributed by atoms with van der Waals surface area (Å²) in [5, 5.41) is 0. The van der Waals surface area contributed by atoms with Crippen molar-refractivity contribution in [3.8, 4) is 0 Å². The van der Waals surface area contributed by atoms with Gasteiger partial charge in [-0.2, -0.15) is 0 Å². The fourth-order valence-corrected chi connectivity index (χ4v) is 5.10. The SMILES string of the molecule is Cc1ccc(CN2C[C@]34C=C[C@H](O3)C(C(=O)N(C)Cc3ccncn3)C4C2=O)cc1C. The average molecular weight is 418 g/mol. The molecule has 7 nitrogen and oxygen atoms in total. The van der Waals surface area contributed by atoms with Crippen molar-refractivity contribution < 1.29 is 14.3 Å². The molecule has 0 N–H and O–H groups in total. The van der Waals surface area contributed by atoms with Gasteiger partial charge in [0.05, 0.1) is 36.7 Å². The van der Waals surface area contributed by atoms with Crippen LogP contribution in [0.25, 0.3) is 0 Å². The lowest BCUT2D eigenvalue weighted by molar-refractivity contribution is -0.142. The summed E-state index contributed by atoms with van der Waals surface area (Å²) in [6.07, 6.45) is 6.72. The van der Waals surface area contributed by atoms with E-state index in [2.05, 4.69) is 42.0 Å². The number of aromatic nitrogens is 2. The van der Waals surface area contributed by atoms with E-state index in [9.17, 15) is 9.59 Å². The molecule has 2 unspecified atom stereocenters. The first-order chi connectivity index (χ1) is 14.9. The van der Waals surface area contributed by atoms with E-state index < -0.39 is 17.4 Å². The minimum atomic E-state index is -0.697. The third kappa shape index (κ3) is 3.24. The monoisotopic (exact) mass is 418 g/mol. The molecule has 2 saturated heterocycles. The molecule has 160 valence electrons. The van der Waals surface area contributed by atoms with Gasteiger partial charge >= 0.3 is 0 Å². The number of rotatable bonds is 5. The maximum atomic E-state index is 13.4. The average Bonchev–Trinajstić information content (AvgIpc) is 3.39. The highest BCUT2D eigenvalue weighted by molar-refractivity contribution is 5.93. The van der Waals surface area contributed by atoms with Crippen LogP contribution in [0.1, 0.15) is 22.4 Å². The van der Waals surface area contributed by atoms with Crippen LogP contribution in [0, 0.1) is 25.7 Å². The van der Waals surface area contributed by atoms with E-state index in [1.54, 1.807) is 24.2 Å². The second-order valence-corrected chi connectivity index (χ2v) is 8.91. The van der Waals surface area contributed by atoms with Crippen molar-refractivity contribution in [2.75, 3.05) is 13.6 Å². The van der Waals surface area contributed by atoms with Crippen molar-refractivity contribution in [3.63, 3.8) is 0 Å². The molecule has 2 amide bonds. The lowest BCUT2D eigenvalue weighted by Gasteiger charge is -2.27. The predicted molar refractivity (Wildman–Crippen MR) is 114 cm³/mol. The molecule has 0 aliphatic carbocycles. The molecule has 0 radical (unpaired) electrons. The van der Waals surface area contributed by atoms with Crippen LogP contribution < -0.4 is 0 Å². The lowest BCUT2D eigenvalue weighted by atomic mass is 9.76. The first kappa shape index (κ1) is 19.9. The van der Waals surface area contributed by atoms with E-state index in [1.165, 1.54) is 17.5 Å². The molecule has 5 rings (SSSR count). The largest absolute Gasteiger partial charge is 0.360 e. The molecule has 2 bridgehead atoms. The number of amides is 2. The second kappa shape index (κ2) is 7.27. The number of ether oxygens (including phenoxy) is 1. The van der Waals surface area contributed by atoms with Crippen LogP contribution in [0.3, 0.4) is 0 Å². The maximum Gasteiger partial charge on any atom is 0.230 e. The molecular weight excluding hydrogens is 392 g/mol. The number of aryl methyl sites for hydroxylation is 2. The highest BCUT2D eigenvalue weighted by Gasteiger charge is 2.67. The Bertz CT molecular complexity index is 1070. The molecule has 2 aromatic rings. The van der Waals surface area contributed by atoms with Crippen molar-refractivity contribution in [2.24, 2.45) is 11.8 Å². The summed E-state index contributed by atoms with van der Waals surface area (Å²) in [4.78, 5) is 38.4. The third-order valence-electron chi connectivity index (χ3n) is 6.83. The number of carbonyl (C=O) groups excluding carboxylic acids is 2. The number of hydrogen-bond acceptors (Lipinski definition) is 5. The first-order valence-electron chi connectivity index (χ1n) is 10.6. The van der Waals surface area contributed by atoms with E-state index in [1.807, 2.05) is 17.1 Å². The minimum Gasteiger partial charge on any atom is -0.360 e. The summed E-state index contributed by atoms with van der Waals surface area (Å²) in [6, 6.07) is 8.06. The summed E-state index contributed by atoms with van der Waals surface area (Å²) in [5.41, 5.74) is 3.59. The predicted octanol–water partition coefficient (Wildman–Crippen LogP) is 2.03. The summed E-state index contributed by atoms with van der Waals surface area (Å²) in [6.45, 7) is 5.53. The molecule has 1 spiro atoms. The van der Waals surface area contributed by atoms with E-state index in [-0.39, 0.29) is 17.9 Å². The second-order valence-electron chi connectivity index (χ2n) is 8.91.